The van der Waals surface area contributed by atoms with E-state index < -0.39 is 5.79 Å². The average molecular weight is 285 g/mol. The molecular weight excluding hydrogens is 248 g/mol. The minimum Gasteiger partial charge on any atom is -0.347 e. The molecule has 0 spiro atoms. The molecule has 2 nitrogen and oxygen atoms in total. The van der Waals surface area contributed by atoms with Gasteiger partial charge in [0.1, 0.15) is 0 Å². The van der Waals surface area contributed by atoms with Gasteiger partial charge in [-0.3, -0.25) is 0 Å². The molecule has 1 radical (unpaired) electrons. The van der Waals surface area contributed by atoms with Crippen molar-refractivity contribution in [3.63, 3.8) is 0 Å². The van der Waals surface area contributed by atoms with Crippen LogP contribution in [0.4, 0.5) is 0 Å². The largest absolute Gasteiger partial charge is 0.347 e. The van der Waals surface area contributed by atoms with Crippen molar-refractivity contribution in [1.29, 1.82) is 0 Å². The zero-order valence-corrected chi connectivity index (χ0v) is 14.2. The SMILES string of the molecule is CCCCCCCCOC([O])(CCC)CCCCCC. The number of unbranched alkanes of at least 4 members (excludes halogenated alkanes) is 8. The van der Waals surface area contributed by atoms with Crippen LogP contribution in [0.3, 0.4) is 0 Å². The Balaban J connectivity index is 3.70. The van der Waals surface area contributed by atoms with Crippen LogP contribution in [0.5, 0.6) is 0 Å². The number of rotatable bonds is 15. The van der Waals surface area contributed by atoms with Gasteiger partial charge in [-0.2, -0.15) is 5.11 Å². The molecule has 1 atom stereocenters. The van der Waals surface area contributed by atoms with E-state index in [0.717, 1.165) is 19.3 Å². The van der Waals surface area contributed by atoms with Gasteiger partial charge in [0.25, 0.3) is 0 Å². The van der Waals surface area contributed by atoms with Crippen LogP contribution in [0.2, 0.25) is 0 Å². The number of ether oxygens (including phenoxy) is 1. The maximum atomic E-state index is 12.6. The standard InChI is InChI=1S/C18H37O2/c1-4-7-9-11-12-14-17-20-18(19,15-6-3)16-13-10-8-5-2/h4-17H2,1-3H3. The van der Waals surface area contributed by atoms with Crippen molar-refractivity contribution in [1.82, 2.24) is 0 Å². The molecule has 0 aromatic carbocycles. The fraction of sp³-hybridized carbons (Fsp3) is 1.00. The van der Waals surface area contributed by atoms with Gasteiger partial charge >= 0.3 is 0 Å². The highest BCUT2D eigenvalue weighted by atomic mass is 16.6. The zero-order chi connectivity index (χ0) is 15.1. The monoisotopic (exact) mass is 285 g/mol. The molecule has 0 rings (SSSR count). The van der Waals surface area contributed by atoms with Crippen molar-refractivity contribution in [2.24, 2.45) is 0 Å². The van der Waals surface area contributed by atoms with E-state index in [1.165, 1.54) is 51.4 Å². The van der Waals surface area contributed by atoms with Gasteiger partial charge in [0.15, 0.2) is 0 Å². The van der Waals surface area contributed by atoms with Crippen LogP contribution in [0.1, 0.15) is 104 Å². The lowest BCUT2D eigenvalue weighted by molar-refractivity contribution is -0.249. The van der Waals surface area contributed by atoms with Crippen LogP contribution in [-0.4, -0.2) is 12.4 Å². The van der Waals surface area contributed by atoms with E-state index in [-0.39, 0.29) is 0 Å². The summed E-state index contributed by atoms with van der Waals surface area (Å²) in [4.78, 5) is 0. The van der Waals surface area contributed by atoms with Gasteiger partial charge < -0.3 is 4.74 Å². The second kappa shape index (κ2) is 13.9. The van der Waals surface area contributed by atoms with Crippen LogP contribution in [-0.2, 0) is 9.84 Å². The third kappa shape index (κ3) is 11.7. The van der Waals surface area contributed by atoms with Crippen molar-refractivity contribution in [3.05, 3.63) is 0 Å². The smallest absolute Gasteiger partial charge is 0.201 e. The van der Waals surface area contributed by atoms with Crippen LogP contribution < -0.4 is 0 Å². The molecule has 0 aliphatic rings. The van der Waals surface area contributed by atoms with Crippen LogP contribution in [0.25, 0.3) is 0 Å². The minimum absolute atomic E-state index is 0.656. The van der Waals surface area contributed by atoms with Gasteiger partial charge in [-0.1, -0.05) is 78.6 Å². The lowest BCUT2D eigenvalue weighted by Gasteiger charge is -2.25. The van der Waals surface area contributed by atoms with Gasteiger partial charge in [0.2, 0.25) is 5.79 Å². The summed E-state index contributed by atoms with van der Waals surface area (Å²) >= 11 is 0. The summed E-state index contributed by atoms with van der Waals surface area (Å²) in [5.41, 5.74) is 0. The Morgan fingerprint density at radius 2 is 1.20 bits per heavy atom. The Morgan fingerprint density at radius 3 is 1.80 bits per heavy atom. The fourth-order valence-electron chi connectivity index (χ4n) is 2.61. The van der Waals surface area contributed by atoms with Crippen molar-refractivity contribution in [2.45, 2.75) is 110 Å². The lowest BCUT2D eigenvalue weighted by Crippen LogP contribution is -2.31. The number of hydrogen-bond donors (Lipinski definition) is 0. The third-order valence-electron chi connectivity index (χ3n) is 3.91. The topological polar surface area (TPSA) is 29.1 Å². The molecule has 0 aliphatic carbocycles. The highest BCUT2D eigenvalue weighted by Crippen LogP contribution is 2.24. The van der Waals surface area contributed by atoms with E-state index in [9.17, 15) is 5.11 Å². The van der Waals surface area contributed by atoms with Gasteiger partial charge in [-0.05, 0) is 12.8 Å². The molecule has 0 amide bonds. The predicted octanol–water partition coefficient (Wildman–Crippen LogP) is 6.26. The Bertz CT molecular complexity index is 194. The van der Waals surface area contributed by atoms with Crippen LogP contribution in [0.15, 0.2) is 0 Å². The maximum absolute atomic E-state index is 12.6. The molecule has 0 aromatic rings. The summed E-state index contributed by atoms with van der Waals surface area (Å²) in [6, 6.07) is 0. The second-order valence-electron chi connectivity index (χ2n) is 6.09. The fourth-order valence-corrected chi connectivity index (χ4v) is 2.61. The van der Waals surface area contributed by atoms with E-state index in [1.807, 2.05) is 0 Å². The van der Waals surface area contributed by atoms with Crippen molar-refractivity contribution in [3.8, 4) is 0 Å². The molecule has 20 heavy (non-hydrogen) atoms. The quantitative estimate of drug-likeness (QED) is 0.258. The van der Waals surface area contributed by atoms with E-state index in [2.05, 4.69) is 20.8 Å². The molecule has 1 unspecified atom stereocenters. The molecule has 0 aromatic heterocycles. The molecule has 0 bridgehead atoms. The molecule has 2 heteroatoms. The summed E-state index contributed by atoms with van der Waals surface area (Å²) in [5.74, 6) is -1.11. The second-order valence-corrected chi connectivity index (χ2v) is 6.09. The summed E-state index contributed by atoms with van der Waals surface area (Å²) < 4.78 is 5.70. The summed E-state index contributed by atoms with van der Waals surface area (Å²) in [6.07, 6.45) is 14.4. The molecule has 0 N–H and O–H groups in total. The van der Waals surface area contributed by atoms with Gasteiger partial charge in [0.05, 0.1) is 6.61 Å². The maximum Gasteiger partial charge on any atom is 0.201 e. The molecule has 0 saturated carbocycles. The first-order chi connectivity index (χ1) is 9.68. The van der Waals surface area contributed by atoms with Gasteiger partial charge in [-0.25, -0.2) is 0 Å². The molecule has 0 aliphatic heterocycles. The Kier molecular flexibility index (Phi) is 13.8. The van der Waals surface area contributed by atoms with E-state index in [0.29, 0.717) is 19.4 Å². The Labute approximate surface area is 127 Å². The van der Waals surface area contributed by atoms with Gasteiger partial charge in [-0.15, -0.1) is 0 Å². The van der Waals surface area contributed by atoms with Crippen molar-refractivity contribution < 1.29 is 9.84 Å². The van der Waals surface area contributed by atoms with E-state index in [4.69, 9.17) is 4.74 Å². The molecule has 0 heterocycles. The first-order valence-corrected chi connectivity index (χ1v) is 9.03. The van der Waals surface area contributed by atoms with Crippen LogP contribution in [0, 0.1) is 0 Å². The molecular formula is C18H37O2. The normalized spacial score (nSPS) is 14.4. The Hall–Kier alpha value is -0.0800. The lowest BCUT2D eigenvalue weighted by atomic mass is 10.0. The van der Waals surface area contributed by atoms with E-state index >= 15 is 0 Å². The zero-order valence-electron chi connectivity index (χ0n) is 14.2. The third-order valence-corrected chi connectivity index (χ3v) is 3.91. The first kappa shape index (κ1) is 19.9. The minimum atomic E-state index is -1.11. The molecule has 0 fully saturated rings. The van der Waals surface area contributed by atoms with Crippen molar-refractivity contribution in [2.75, 3.05) is 6.61 Å². The van der Waals surface area contributed by atoms with Crippen molar-refractivity contribution >= 4 is 0 Å². The van der Waals surface area contributed by atoms with E-state index in [1.54, 1.807) is 0 Å². The van der Waals surface area contributed by atoms with Gasteiger partial charge in [0, 0.05) is 12.8 Å². The number of hydrogen-bond acceptors (Lipinski definition) is 1. The highest BCUT2D eigenvalue weighted by molar-refractivity contribution is 4.67. The summed E-state index contributed by atoms with van der Waals surface area (Å²) in [7, 11) is 0. The highest BCUT2D eigenvalue weighted by Gasteiger charge is 2.28. The summed E-state index contributed by atoms with van der Waals surface area (Å²) in [5, 5.41) is 12.6. The molecule has 0 saturated heterocycles. The van der Waals surface area contributed by atoms with Crippen LogP contribution >= 0.6 is 0 Å². The first-order valence-electron chi connectivity index (χ1n) is 9.03. The predicted molar refractivity (Wildman–Crippen MR) is 86.4 cm³/mol. The summed E-state index contributed by atoms with van der Waals surface area (Å²) in [6.45, 7) is 7.17. The Morgan fingerprint density at radius 1 is 0.650 bits per heavy atom. The molecule has 121 valence electrons. The average Bonchev–Trinajstić information content (AvgIpc) is 2.43.